The Morgan fingerprint density at radius 3 is 1.67 bits per heavy atom. The third-order valence-corrected chi connectivity index (χ3v) is 11.6. The van der Waals surface area contributed by atoms with Gasteiger partial charge in [-0.15, -0.1) is 0 Å². The maximum atomic E-state index is 11.1. The van der Waals surface area contributed by atoms with Crippen molar-refractivity contribution in [3.63, 3.8) is 0 Å². The number of nitriles is 2. The predicted molar refractivity (Wildman–Crippen MR) is 242 cm³/mol. The second-order valence-corrected chi connectivity index (χ2v) is 15.0. The molecule has 282 valence electrons. The van der Waals surface area contributed by atoms with E-state index in [1.54, 1.807) is 0 Å². The molecule has 0 bridgehead atoms. The SMILES string of the molecule is N#Cc1cccc(-n2c3ccccc3c3c4oc5ccccc5c4c4c(c5ccccc5n4-c4ccc(-c5nc(-c6ccccc6)nc(-c6ccccc6)n5)cc4C#N)c32)c1. The number of hydrogen-bond donors (Lipinski definition) is 0. The lowest BCUT2D eigenvalue weighted by Crippen LogP contribution is -2.02. The zero-order chi connectivity index (χ0) is 40.6. The van der Waals surface area contributed by atoms with Crippen molar-refractivity contribution >= 4 is 65.6 Å². The summed E-state index contributed by atoms with van der Waals surface area (Å²) in [5.74, 6) is 1.55. The Balaban J connectivity index is 1.20. The number of aromatic nitrogens is 5. The van der Waals surface area contributed by atoms with E-state index in [-0.39, 0.29) is 0 Å². The van der Waals surface area contributed by atoms with Gasteiger partial charge in [-0.05, 0) is 54.6 Å². The Morgan fingerprint density at radius 2 is 1.00 bits per heavy atom. The Labute approximate surface area is 348 Å². The standard InChI is InChI=1S/C53H29N7O/c54-30-32-14-13-19-37(28-32)59-42-23-10-8-21-39(42)46-48(59)45-38-20-7-11-24-43(38)60(49(45)47-40-22-9-12-25-44(40)61-50(46)47)41-27-26-35(29-36(41)31-55)53-57-51(33-15-3-1-4-16-33)56-52(58-53)34-17-5-2-6-18-34/h1-29H. The van der Waals surface area contributed by atoms with Crippen LogP contribution in [-0.4, -0.2) is 24.1 Å². The van der Waals surface area contributed by atoms with Crippen LogP contribution < -0.4 is 0 Å². The first-order chi connectivity index (χ1) is 30.2. The molecule has 0 saturated heterocycles. The minimum Gasteiger partial charge on any atom is -0.455 e. The number of rotatable bonds is 5. The molecular weight excluding hydrogens is 751 g/mol. The molecule has 0 spiro atoms. The van der Waals surface area contributed by atoms with E-state index in [1.807, 2.05) is 133 Å². The number of nitrogens with zero attached hydrogens (tertiary/aromatic N) is 7. The maximum absolute atomic E-state index is 11.1. The quantitative estimate of drug-likeness (QED) is 0.172. The number of hydrogen-bond acceptors (Lipinski definition) is 6. The van der Waals surface area contributed by atoms with E-state index in [9.17, 15) is 10.5 Å². The van der Waals surface area contributed by atoms with Gasteiger partial charge >= 0.3 is 0 Å². The molecule has 0 saturated carbocycles. The van der Waals surface area contributed by atoms with Crippen molar-refractivity contribution in [1.82, 2.24) is 24.1 Å². The van der Waals surface area contributed by atoms with Gasteiger partial charge in [0.05, 0.1) is 55.7 Å². The topological polar surface area (TPSA) is 109 Å². The van der Waals surface area contributed by atoms with Gasteiger partial charge in [0, 0.05) is 43.9 Å². The highest BCUT2D eigenvalue weighted by Crippen LogP contribution is 2.49. The second-order valence-electron chi connectivity index (χ2n) is 15.0. The molecule has 0 aliphatic rings. The van der Waals surface area contributed by atoms with Crippen molar-refractivity contribution in [1.29, 1.82) is 10.5 Å². The van der Waals surface area contributed by atoms with Gasteiger partial charge in [-0.1, -0.05) is 121 Å². The van der Waals surface area contributed by atoms with Crippen LogP contribution in [0.5, 0.6) is 0 Å². The molecule has 12 aromatic rings. The van der Waals surface area contributed by atoms with Crippen LogP contribution in [0.1, 0.15) is 11.1 Å². The third kappa shape index (κ3) is 5.13. The van der Waals surface area contributed by atoms with Crippen molar-refractivity contribution < 1.29 is 4.42 Å². The van der Waals surface area contributed by atoms with Gasteiger partial charge in [0.15, 0.2) is 17.5 Å². The van der Waals surface area contributed by atoms with E-state index in [4.69, 9.17) is 19.4 Å². The monoisotopic (exact) mass is 779 g/mol. The highest BCUT2D eigenvalue weighted by atomic mass is 16.3. The van der Waals surface area contributed by atoms with Crippen molar-refractivity contribution in [2.75, 3.05) is 0 Å². The molecular formula is C53H29N7O. The van der Waals surface area contributed by atoms with Crippen LogP contribution in [0.4, 0.5) is 0 Å². The van der Waals surface area contributed by atoms with Gasteiger partial charge in [0.25, 0.3) is 0 Å². The van der Waals surface area contributed by atoms with E-state index in [2.05, 4.69) is 63.7 Å². The summed E-state index contributed by atoms with van der Waals surface area (Å²) in [7, 11) is 0. The maximum Gasteiger partial charge on any atom is 0.164 e. The highest BCUT2D eigenvalue weighted by Gasteiger charge is 2.28. The second kappa shape index (κ2) is 13.4. The largest absolute Gasteiger partial charge is 0.455 e. The van der Waals surface area contributed by atoms with Gasteiger partial charge in [0.2, 0.25) is 0 Å². The van der Waals surface area contributed by atoms with Crippen molar-refractivity contribution in [3.05, 3.63) is 187 Å². The fourth-order valence-electron chi connectivity index (χ4n) is 9.01. The van der Waals surface area contributed by atoms with Crippen molar-refractivity contribution in [3.8, 4) is 57.7 Å². The lowest BCUT2D eigenvalue weighted by molar-refractivity contribution is 0.673. The fourth-order valence-corrected chi connectivity index (χ4v) is 9.01. The first-order valence-corrected chi connectivity index (χ1v) is 19.9. The molecule has 0 aliphatic carbocycles. The lowest BCUT2D eigenvalue weighted by atomic mass is 10.0. The van der Waals surface area contributed by atoms with Crippen LogP contribution in [0.2, 0.25) is 0 Å². The fraction of sp³-hybridized carbons (Fsp3) is 0. The predicted octanol–water partition coefficient (Wildman–Crippen LogP) is 12.7. The molecule has 61 heavy (non-hydrogen) atoms. The minimum atomic E-state index is 0.450. The smallest absolute Gasteiger partial charge is 0.164 e. The van der Waals surface area contributed by atoms with E-state index in [0.29, 0.717) is 39.9 Å². The molecule has 0 aliphatic heterocycles. The summed E-state index contributed by atoms with van der Waals surface area (Å²) >= 11 is 0. The van der Waals surface area contributed by atoms with Gasteiger partial charge in [0.1, 0.15) is 17.2 Å². The zero-order valence-corrected chi connectivity index (χ0v) is 32.3. The Hall–Kier alpha value is -8.85. The number of fused-ring (bicyclic) bond motifs is 12. The number of benzene rings is 8. The third-order valence-electron chi connectivity index (χ3n) is 11.6. The molecule has 0 fully saturated rings. The highest BCUT2D eigenvalue weighted by molar-refractivity contribution is 6.39. The Bertz CT molecular complexity index is 3790. The van der Waals surface area contributed by atoms with Gasteiger partial charge in [-0.25, -0.2) is 15.0 Å². The van der Waals surface area contributed by atoms with Crippen molar-refractivity contribution in [2.24, 2.45) is 0 Å². The molecule has 8 nitrogen and oxygen atoms in total. The van der Waals surface area contributed by atoms with Crippen LogP contribution in [-0.2, 0) is 0 Å². The summed E-state index contributed by atoms with van der Waals surface area (Å²) in [6, 6.07) is 63.0. The first-order valence-electron chi connectivity index (χ1n) is 19.9. The first kappa shape index (κ1) is 34.2. The van der Waals surface area contributed by atoms with Gasteiger partial charge in [-0.2, -0.15) is 10.5 Å². The van der Waals surface area contributed by atoms with Crippen LogP contribution in [0.3, 0.4) is 0 Å². The minimum absolute atomic E-state index is 0.450. The van der Waals surface area contributed by atoms with Gasteiger partial charge in [-0.3, -0.25) is 0 Å². The summed E-state index contributed by atoms with van der Waals surface area (Å²) in [6.45, 7) is 0. The summed E-state index contributed by atoms with van der Waals surface area (Å²) in [6.07, 6.45) is 0. The summed E-state index contributed by atoms with van der Waals surface area (Å²) < 4.78 is 11.4. The summed E-state index contributed by atoms with van der Waals surface area (Å²) in [5, 5.41) is 27.1. The van der Waals surface area contributed by atoms with E-state index >= 15 is 0 Å². The van der Waals surface area contributed by atoms with E-state index < -0.39 is 0 Å². The van der Waals surface area contributed by atoms with Crippen LogP contribution >= 0.6 is 0 Å². The zero-order valence-electron chi connectivity index (χ0n) is 32.3. The average Bonchev–Trinajstić information content (AvgIpc) is 4.00. The molecule has 8 aromatic carbocycles. The van der Waals surface area contributed by atoms with Gasteiger partial charge < -0.3 is 13.6 Å². The molecule has 0 atom stereocenters. The number of furan rings is 1. The molecule has 8 heteroatoms. The van der Waals surface area contributed by atoms with E-state index in [1.165, 1.54) is 0 Å². The van der Waals surface area contributed by atoms with Crippen molar-refractivity contribution in [2.45, 2.75) is 0 Å². The Kier molecular flexibility index (Phi) is 7.49. The normalized spacial score (nSPS) is 11.6. The van der Waals surface area contributed by atoms with Crippen LogP contribution in [0.25, 0.3) is 111 Å². The van der Waals surface area contributed by atoms with E-state index in [0.717, 1.165) is 82.4 Å². The molecule has 12 rings (SSSR count). The molecule has 4 heterocycles. The average molecular weight is 780 g/mol. The Morgan fingerprint density at radius 1 is 0.443 bits per heavy atom. The molecule has 4 aromatic heterocycles. The molecule has 0 N–H and O–H groups in total. The number of para-hydroxylation sites is 3. The summed E-state index contributed by atoms with van der Waals surface area (Å²) in [5.41, 5.74) is 10.3. The molecule has 0 amide bonds. The molecule has 0 unspecified atom stereocenters. The van der Waals surface area contributed by atoms with Crippen LogP contribution in [0.15, 0.2) is 180 Å². The summed E-state index contributed by atoms with van der Waals surface area (Å²) in [4.78, 5) is 14.8. The lowest BCUT2D eigenvalue weighted by Gasteiger charge is -2.14. The van der Waals surface area contributed by atoms with Crippen LogP contribution in [0, 0.1) is 22.7 Å². The molecule has 0 radical (unpaired) electrons.